The summed E-state index contributed by atoms with van der Waals surface area (Å²) in [5.74, 6) is -8.64. The van der Waals surface area contributed by atoms with E-state index < -0.39 is 147 Å². The van der Waals surface area contributed by atoms with Crippen molar-refractivity contribution in [2.24, 2.45) is 0 Å². The van der Waals surface area contributed by atoms with E-state index in [-0.39, 0.29) is 84.9 Å². The van der Waals surface area contributed by atoms with Crippen molar-refractivity contribution in [3.8, 4) is 22.6 Å². The number of carbonyl (C=O) groups is 12. The zero-order valence-corrected chi connectivity index (χ0v) is 49.2. The highest BCUT2D eigenvalue weighted by atomic mass is 16.7. The van der Waals surface area contributed by atoms with Crippen molar-refractivity contribution >= 4 is 71.3 Å². The summed E-state index contributed by atoms with van der Waals surface area (Å²) in [5.41, 5.74) is 1.66. The van der Waals surface area contributed by atoms with Crippen LogP contribution in [0.3, 0.4) is 0 Å². The van der Waals surface area contributed by atoms with Gasteiger partial charge in [0.15, 0.2) is 36.0 Å². The molecule has 0 N–H and O–H groups in total. The van der Waals surface area contributed by atoms with E-state index in [1.165, 1.54) is 36.4 Å². The number of ketones is 2. The monoisotopic (exact) mass is 1210 g/mol. The van der Waals surface area contributed by atoms with Crippen molar-refractivity contribution in [3.05, 3.63) is 82.9 Å². The summed E-state index contributed by atoms with van der Waals surface area (Å²) in [6.45, 7) is 11.0. The maximum Gasteiger partial charge on any atom is 0.310 e. The lowest BCUT2D eigenvalue weighted by Crippen LogP contribution is -2.63. The Balaban J connectivity index is 1.43. The van der Waals surface area contributed by atoms with Crippen molar-refractivity contribution in [1.82, 2.24) is 0 Å². The van der Waals surface area contributed by atoms with E-state index in [4.69, 9.17) is 66.3 Å². The topological polar surface area (TPSA) is 334 Å². The highest BCUT2D eigenvalue weighted by Crippen LogP contribution is 2.38. The van der Waals surface area contributed by atoms with Gasteiger partial charge >= 0.3 is 59.7 Å². The first-order valence-electron chi connectivity index (χ1n) is 27.4. The van der Waals surface area contributed by atoms with Crippen molar-refractivity contribution in [2.75, 3.05) is 26.4 Å². The number of benzene rings is 3. The molecule has 26 heteroatoms. The molecule has 0 unspecified atom stereocenters. The zero-order chi connectivity index (χ0) is 63.4. The van der Waals surface area contributed by atoms with E-state index in [1.54, 1.807) is 38.1 Å². The van der Waals surface area contributed by atoms with Gasteiger partial charge in [-0.1, -0.05) is 24.3 Å². The van der Waals surface area contributed by atoms with Gasteiger partial charge in [0, 0.05) is 90.5 Å². The van der Waals surface area contributed by atoms with Gasteiger partial charge in [-0.2, -0.15) is 0 Å². The summed E-state index contributed by atoms with van der Waals surface area (Å²) in [4.78, 5) is 152. The molecule has 466 valence electrons. The second-order valence-corrected chi connectivity index (χ2v) is 19.6. The normalized spacial score (nSPS) is 21.4. The fourth-order valence-corrected chi connectivity index (χ4v) is 9.31. The molecule has 0 radical (unpaired) electrons. The summed E-state index contributed by atoms with van der Waals surface area (Å²) in [6.07, 6.45) is -15.6. The van der Waals surface area contributed by atoms with Crippen molar-refractivity contribution in [1.29, 1.82) is 0 Å². The molecule has 0 saturated carbocycles. The minimum absolute atomic E-state index is 0.00363. The Bertz CT molecular complexity index is 2980. The van der Waals surface area contributed by atoms with Crippen LogP contribution in [0.4, 0.5) is 0 Å². The third-order valence-corrected chi connectivity index (χ3v) is 12.7. The third kappa shape index (κ3) is 20.5. The SMILES string of the molecule is CCOC(=O)Cc1cccc(-c2cc(C(=O)CCCCC(=O)c3ccc(O[C@H]4O[C@H](COC(C)=O)[C@@H](OC(C)=O)[C@H](OC(C)=O)[C@@H]4OC(C)=O)c(CC(=O)OCC)c3)ccc2O[C@H]2O[C@H](COC(C)=O)[C@@H](OC(C)=O)[C@H](OC(C)=O)[C@@H]2OC(C)=O)c1. The van der Waals surface area contributed by atoms with Crippen LogP contribution in [0.25, 0.3) is 11.1 Å². The molecule has 0 amide bonds. The summed E-state index contributed by atoms with van der Waals surface area (Å²) in [5, 5.41) is 0. The standard InChI is InChI=1S/C60H70O26/c1-11-73-51(71)25-39-16-15-17-40(24-39)44-27-42(21-23-48(44)84-60-58(82-38(10)68)56(80-36(8)66)54(78-34(6)64)50(86-60)30-76-32(4)62)46(70)19-14-13-18-45(69)41-20-22-47(43(26-41)28-52(72)74-12-2)83-59-57(81-37(9)67)55(79-35(7)65)53(77-33(5)63)49(85-59)29-75-31(3)61/h15-17,20-24,26-27,49-50,53-60H,11-14,18-19,25,28-30H2,1-10H3/t49-,50-,53-,54-,55+,56+,57+,58+,59+,60+/m1/s1. The van der Waals surface area contributed by atoms with Crippen LogP contribution in [0.1, 0.15) is 127 Å². The van der Waals surface area contributed by atoms with Gasteiger partial charge < -0.3 is 66.3 Å². The number of ether oxygens (including phenoxy) is 14. The number of rotatable bonds is 28. The predicted molar refractivity (Wildman–Crippen MR) is 291 cm³/mol. The van der Waals surface area contributed by atoms with Gasteiger partial charge in [0.2, 0.25) is 24.8 Å². The maximum absolute atomic E-state index is 14.1. The molecular formula is C60H70O26. The fraction of sp³-hybridized carbons (Fsp3) is 0.500. The Kier molecular flexibility index (Phi) is 25.7. The van der Waals surface area contributed by atoms with Crippen LogP contribution in [0.15, 0.2) is 60.7 Å². The molecule has 0 bridgehead atoms. The molecule has 0 aliphatic carbocycles. The number of hydrogen-bond acceptors (Lipinski definition) is 26. The maximum atomic E-state index is 14.1. The molecule has 86 heavy (non-hydrogen) atoms. The number of carbonyl (C=O) groups excluding carboxylic acids is 12. The molecule has 2 heterocycles. The Morgan fingerprint density at radius 2 is 0.826 bits per heavy atom. The average molecular weight is 1210 g/mol. The first kappa shape index (κ1) is 68.0. The summed E-state index contributed by atoms with van der Waals surface area (Å²) in [7, 11) is 0. The van der Waals surface area contributed by atoms with Crippen LogP contribution in [0.2, 0.25) is 0 Å². The molecule has 2 aliphatic heterocycles. The Morgan fingerprint density at radius 3 is 1.27 bits per heavy atom. The fourth-order valence-electron chi connectivity index (χ4n) is 9.31. The van der Waals surface area contributed by atoms with Gasteiger partial charge in [-0.25, -0.2) is 0 Å². The van der Waals surface area contributed by atoms with Crippen LogP contribution in [-0.4, -0.2) is 159 Å². The van der Waals surface area contributed by atoms with E-state index in [1.807, 2.05) is 0 Å². The number of unbranched alkanes of at least 4 members (excludes halogenated alkanes) is 1. The van der Waals surface area contributed by atoms with Gasteiger partial charge in [0.05, 0.1) is 26.1 Å². The second-order valence-electron chi connectivity index (χ2n) is 19.6. The van der Waals surface area contributed by atoms with Gasteiger partial charge in [-0.05, 0) is 74.2 Å². The Morgan fingerprint density at radius 1 is 0.419 bits per heavy atom. The van der Waals surface area contributed by atoms with Crippen LogP contribution < -0.4 is 9.47 Å². The van der Waals surface area contributed by atoms with Crippen molar-refractivity contribution in [2.45, 2.75) is 169 Å². The van der Waals surface area contributed by atoms with Crippen LogP contribution >= 0.6 is 0 Å². The molecule has 5 rings (SSSR count). The average Bonchev–Trinajstić information content (AvgIpc) is 1.04. The largest absolute Gasteiger partial charge is 0.466 e. The van der Waals surface area contributed by atoms with E-state index in [9.17, 15) is 57.5 Å². The summed E-state index contributed by atoms with van der Waals surface area (Å²) >= 11 is 0. The quantitative estimate of drug-likeness (QED) is 0.0394. The third-order valence-electron chi connectivity index (χ3n) is 12.7. The summed E-state index contributed by atoms with van der Waals surface area (Å²) < 4.78 is 78.9. The molecule has 0 aromatic heterocycles. The van der Waals surface area contributed by atoms with Gasteiger partial charge in [0.1, 0.15) is 36.9 Å². The lowest BCUT2D eigenvalue weighted by molar-refractivity contribution is -0.288. The van der Waals surface area contributed by atoms with Crippen molar-refractivity contribution < 1.29 is 124 Å². The molecule has 2 saturated heterocycles. The smallest absolute Gasteiger partial charge is 0.310 e. The molecule has 10 atom stereocenters. The Hall–Kier alpha value is -8.78. The number of hydrogen-bond donors (Lipinski definition) is 0. The minimum Gasteiger partial charge on any atom is -0.466 e. The molecule has 2 fully saturated rings. The number of esters is 10. The van der Waals surface area contributed by atoms with Crippen molar-refractivity contribution in [3.63, 3.8) is 0 Å². The van der Waals surface area contributed by atoms with Gasteiger partial charge in [0.25, 0.3) is 0 Å². The zero-order valence-electron chi connectivity index (χ0n) is 49.2. The molecule has 2 aliphatic rings. The number of Topliss-reactive ketones (excluding diaryl/α,β-unsaturated/α-hetero) is 2. The van der Waals surface area contributed by atoms with E-state index in [2.05, 4.69) is 0 Å². The predicted octanol–water partition coefficient (Wildman–Crippen LogP) is 5.11. The van der Waals surface area contributed by atoms with Crippen LogP contribution in [0, 0.1) is 0 Å². The van der Waals surface area contributed by atoms with Crippen LogP contribution in [-0.2, 0) is 118 Å². The lowest BCUT2D eigenvalue weighted by Gasteiger charge is -2.44. The molecule has 3 aromatic rings. The molecular weight excluding hydrogens is 1140 g/mol. The van der Waals surface area contributed by atoms with Crippen LogP contribution in [0.5, 0.6) is 11.5 Å². The van der Waals surface area contributed by atoms with Gasteiger partial charge in [-0.15, -0.1) is 0 Å². The highest BCUT2D eigenvalue weighted by Gasteiger charge is 2.55. The van der Waals surface area contributed by atoms with Gasteiger partial charge in [-0.3, -0.25) is 57.5 Å². The lowest BCUT2D eigenvalue weighted by atomic mass is 9.95. The summed E-state index contributed by atoms with van der Waals surface area (Å²) in [6, 6.07) is 15.3. The Labute approximate surface area is 494 Å². The molecule has 0 spiro atoms. The van der Waals surface area contributed by atoms with E-state index >= 15 is 0 Å². The second kappa shape index (κ2) is 32.5. The highest BCUT2D eigenvalue weighted by molar-refractivity contribution is 5.98. The first-order chi connectivity index (χ1) is 40.8. The first-order valence-corrected chi connectivity index (χ1v) is 27.4. The molecule has 26 nitrogen and oxygen atoms in total. The minimum atomic E-state index is -1.67. The van der Waals surface area contributed by atoms with E-state index in [0.29, 0.717) is 11.1 Å². The molecule has 3 aromatic carbocycles. The van der Waals surface area contributed by atoms with E-state index in [0.717, 1.165) is 55.4 Å².